The van der Waals surface area contributed by atoms with Crippen LogP contribution in [0.4, 0.5) is 5.69 Å². The Hall–Kier alpha value is -1.85. The van der Waals surface area contributed by atoms with Crippen LogP contribution in [0.1, 0.15) is 25.3 Å². The second kappa shape index (κ2) is 9.59. The number of para-hydroxylation sites is 1. The summed E-state index contributed by atoms with van der Waals surface area (Å²) in [6.07, 6.45) is 0. The van der Waals surface area contributed by atoms with Gasteiger partial charge in [0.25, 0.3) is 0 Å². The van der Waals surface area contributed by atoms with Crippen LogP contribution in [0.25, 0.3) is 0 Å². The van der Waals surface area contributed by atoms with Gasteiger partial charge in [0.15, 0.2) is 0 Å². The Balaban J connectivity index is 1.77. The lowest BCUT2D eigenvalue weighted by Crippen LogP contribution is -2.33. The Bertz CT molecular complexity index is 686. The third-order valence-electron chi connectivity index (χ3n) is 3.83. The first-order valence-corrected chi connectivity index (χ1v) is 9.20. The van der Waals surface area contributed by atoms with Crippen LogP contribution < -0.4 is 10.1 Å². The van der Waals surface area contributed by atoms with Gasteiger partial charge in [-0.1, -0.05) is 48.0 Å². The monoisotopic (exact) mass is 404 g/mol. The molecule has 0 heterocycles. The summed E-state index contributed by atoms with van der Waals surface area (Å²) in [5.41, 5.74) is 2.04. The molecule has 0 spiro atoms. The maximum atomic E-state index is 12.3. The first-order valence-electron chi connectivity index (χ1n) is 8.41. The molecule has 2 rings (SSSR count). The molecule has 25 heavy (non-hydrogen) atoms. The molecule has 0 fully saturated rings. The van der Waals surface area contributed by atoms with Crippen molar-refractivity contribution in [1.82, 2.24) is 4.90 Å². The number of hydrogen-bond acceptors (Lipinski definition) is 3. The van der Waals surface area contributed by atoms with Gasteiger partial charge in [0.05, 0.1) is 6.54 Å². The number of hydrogen-bond donors (Lipinski definition) is 1. The van der Waals surface area contributed by atoms with E-state index in [1.54, 1.807) is 0 Å². The molecule has 134 valence electrons. The number of amides is 1. The highest BCUT2D eigenvalue weighted by atomic mass is 79.9. The second-order valence-electron chi connectivity index (χ2n) is 6.33. The van der Waals surface area contributed by atoms with Crippen molar-refractivity contribution in [2.75, 3.05) is 32.1 Å². The summed E-state index contributed by atoms with van der Waals surface area (Å²) in [5.74, 6) is 1.18. The van der Waals surface area contributed by atoms with Gasteiger partial charge >= 0.3 is 0 Å². The molecule has 0 saturated heterocycles. The van der Waals surface area contributed by atoms with Gasteiger partial charge in [-0.15, -0.1) is 0 Å². The Kier molecular flexibility index (Phi) is 7.47. The van der Waals surface area contributed by atoms with Crippen molar-refractivity contribution in [3.05, 3.63) is 58.6 Å². The van der Waals surface area contributed by atoms with E-state index >= 15 is 0 Å². The predicted molar refractivity (Wildman–Crippen MR) is 106 cm³/mol. The van der Waals surface area contributed by atoms with Gasteiger partial charge in [0, 0.05) is 16.7 Å². The van der Waals surface area contributed by atoms with E-state index in [4.69, 9.17) is 4.74 Å². The summed E-state index contributed by atoms with van der Waals surface area (Å²) >= 11 is 3.40. The zero-order valence-electron chi connectivity index (χ0n) is 15.0. The molecule has 2 aromatic carbocycles. The van der Waals surface area contributed by atoms with E-state index in [1.807, 2.05) is 54.4 Å². The summed E-state index contributed by atoms with van der Waals surface area (Å²) in [4.78, 5) is 14.2. The third-order valence-corrected chi connectivity index (χ3v) is 4.35. The maximum absolute atomic E-state index is 12.3. The lowest BCUT2D eigenvalue weighted by atomic mass is 10.0. The fourth-order valence-electron chi connectivity index (χ4n) is 2.48. The molecule has 1 amide bonds. The number of nitrogens with one attached hydrogen (secondary N) is 1. The van der Waals surface area contributed by atoms with Crippen LogP contribution in [-0.4, -0.2) is 37.6 Å². The normalized spacial score (nSPS) is 11.0. The number of rotatable bonds is 8. The van der Waals surface area contributed by atoms with Crippen molar-refractivity contribution in [2.45, 2.75) is 19.8 Å². The van der Waals surface area contributed by atoms with E-state index in [9.17, 15) is 4.79 Å². The highest BCUT2D eigenvalue weighted by molar-refractivity contribution is 9.10. The maximum Gasteiger partial charge on any atom is 0.238 e. The van der Waals surface area contributed by atoms with Gasteiger partial charge in [-0.3, -0.25) is 9.69 Å². The highest BCUT2D eigenvalue weighted by Gasteiger charge is 2.11. The lowest BCUT2D eigenvalue weighted by Gasteiger charge is -2.18. The van der Waals surface area contributed by atoms with E-state index < -0.39 is 0 Å². The van der Waals surface area contributed by atoms with E-state index in [0.717, 1.165) is 21.5 Å². The van der Waals surface area contributed by atoms with Gasteiger partial charge in [0.2, 0.25) is 5.91 Å². The molecule has 0 saturated carbocycles. The van der Waals surface area contributed by atoms with E-state index in [-0.39, 0.29) is 5.91 Å². The van der Waals surface area contributed by atoms with Crippen molar-refractivity contribution < 1.29 is 9.53 Å². The topological polar surface area (TPSA) is 41.6 Å². The average molecular weight is 405 g/mol. The summed E-state index contributed by atoms with van der Waals surface area (Å²) in [5, 5.41) is 3.01. The van der Waals surface area contributed by atoms with E-state index in [0.29, 0.717) is 25.6 Å². The molecule has 4 nitrogen and oxygen atoms in total. The molecular weight excluding hydrogens is 380 g/mol. The Morgan fingerprint density at radius 3 is 2.52 bits per heavy atom. The fourth-order valence-corrected chi connectivity index (χ4v) is 2.74. The minimum atomic E-state index is -0.0146. The second-order valence-corrected chi connectivity index (χ2v) is 7.25. The molecule has 0 aromatic heterocycles. The van der Waals surface area contributed by atoms with Crippen molar-refractivity contribution in [3.63, 3.8) is 0 Å². The number of benzene rings is 2. The molecule has 5 heteroatoms. The van der Waals surface area contributed by atoms with Crippen molar-refractivity contribution in [2.24, 2.45) is 0 Å². The van der Waals surface area contributed by atoms with Crippen LogP contribution in [0.5, 0.6) is 5.75 Å². The standard InChI is InChI=1S/C20H25BrN2O2/c1-15(2)18-6-4-5-7-19(18)22-20(24)14-23(3)12-13-25-17-10-8-16(21)9-11-17/h4-11,15H,12-14H2,1-3H3,(H,22,24). The Morgan fingerprint density at radius 2 is 1.84 bits per heavy atom. The van der Waals surface area contributed by atoms with Gasteiger partial charge in [-0.25, -0.2) is 0 Å². The third kappa shape index (κ3) is 6.52. The largest absolute Gasteiger partial charge is 0.492 e. The van der Waals surface area contributed by atoms with Crippen LogP contribution in [0.3, 0.4) is 0 Å². The van der Waals surface area contributed by atoms with Crippen molar-refractivity contribution in [3.8, 4) is 5.75 Å². The van der Waals surface area contributed by atoms with E-state index in [1.165, 1.54) is 0 Å². The highest BCUT2D eigenvalue weighted by Crippen LogP contribution is 2.23. The molecular formula is C20H25BrN2O2. The van der Waals surface area contributed by atoms with E-state index in [2.05, 4.69) is 41.2 Å². The first-order chi connectivity index (χ1) is 12.0. The van der Waals surface area contributed by atoms with Gasteiger partial charge in [0.1, 0.15) is 12.4 Å². The summed E-state index contributed by atoms with van der Waals surface area (Å²) in [7, 11) is 1.92. The summed E-state index contributed by atoms with van der Waals surface area (Å²) in [6, 6.07) is 15.7. The molecule has 0 bridgehead atoms. The molecule has 0 aliphatic carbocycles. The number of carbonyl (C=O) groups excluding carboxylic acids is 1. The molecule has 1 N–H and O–H groups in total. The zero-order chi connectivity index (χ0) is 18.2. The van der Waals surface area contributed by atoms with Crippen LogP contribution in [-0.2, 0) is 4.79 Å². The van der Waals surface area contributed by atoms with Crippen LogP contribution >= 0.6 is 15.9 Å². The Morgan fingerprint density at radius 1 is 1.16 bits per heavy atom. The van der Waals surface area contributed by atoms with Crippen molar-refractivity contribution >= 4 is 27.5 Å². The summed E-state index contributed by atoms with van der Waals surface area (Å²) < 4.78 is 6.71. The number of carbonyl (C=O) groups is 1. The van der Waals surface area contributed by atoms with Gasteiger partial charge in [-0.05, 0) is 48.9 Å². The number of halogens is 1. The van der Waals surface area contributed by atoms with Gasteiger partial charge in [-0.2, -0.15) is 0 Å². The smallest absolute Gasteiger partial charge is 0.238 e. The number of ether oxygens (including phenoxy) is 1. The lowest BCUT2D eigenvalue weighted by molar-refractivity contribution is -0.117. The number of likely N-dealkylation sites (N-methyl/N-ethyl adjacent to an activating group) is 1. The molecule has 0 aliphatic heterocycles. The number of anilines is 1. The molecule has 2 aromatic rings. The SMILES string of the molecule is CC(C)c1ccccc1NC(=O)CN(C)CCOc1ccc(Br)cc1. The fraction of sp³-hybridized carbons (Fsp3) is 0.350. The Labute approximate surface area is 158 Å². The minimum Gasteiger partial charge on any atom is -0.492 e. The van der Waals surface area contributed by atoms with Crippen LogP contribution in [0.15, 0.2) is 53.0 Å². The van der Waals surface area contributed by atoms with Crippen LogP contribution in [0.2, 0.25) is 0 Å². The molecule has 0 radical (unpaired) electrons. The first kappa shape index (κ1) is 19.5. The van der Waals surface area contributed by atoms with Crippen molar-refractivity contribution in [1.29, 1.82) is 0 Å². The average Bonchev–Trinajstić information content (AvgIpc) is 2.57. The molecule has 0 aliphatic rings. The van der Waals surface area contributed by atoms with Crippen LogP contribution in [0, 0.1) is 0 Å². The minimum absolute atomic E-state index is 0.0146. The predicted octanol–water partition coefficient (Wildman–Crippen LogP) is 4.52. The number of nitrogens with zero attached hydrogens (tertiary/aromatic N) is 1. The zero-order valence-corrected chi connectivity index (χ0v) is 16.5. The van der Waals surface area contributed by atoms with Gasteiger partial charge < -0.3 is 10.1 Å². The summed E-state index contributed by atoms with van der Waals surface area (Å²) in [6.45, 7) is 5.78. The quantitative estimate of drug-likeness (QED) is 0.702. The molecule has 0 atom stereocenters. The molecule has 0 unspecified atom stereocenters.